The van der Waals surface area contributed by atoms with E-state index in [0.717, 1.165) is 10.0 Å². The molecule has 0 aromatic carbocycles. The summed E-state index contributed by atoms with van der Waals surface area (Å²) in [4.78, 5) is 9.25. The third-order valence-corrected chi connectivity index (χ3v) is 4.13. The summed E-state index contributed by atoms with van der Waals surface area (Å²) in [7, 11) is 0. The van der Waals surface area contributed by atoms with Crippen molar-refractivity contribution < 1.29 is 9.90 Å². The molecule has 0 bridgehead atoms. The Hall–Kier alpha value is 0.00870. The van der Waals surface area contributed by atoms with Gasteiger partial charge in [0.2, 0.25) is 0 Å². The van der Waals surface area contributed by atoms with Crippen LogP contribution in [0.3, 0.4) is 0 Å². The molecule has 0 heterocycles. The fraction of sp³-hybridized carbons (Fsp3) is 0.786. The number of hydrogen-bond donors (Lipinski definition) is 1. The normalized spacial score (nSPS) is 9.65. The zero-order chi connectivity index (χ0) is 13.5. The molecule has 0 aromatic rings. The first kappa shape index (κ1) is 19.4. The molecule has 0 aliphatic rings. The zero-order valence-corrected chi connectivity index (χ0v) is 14.2. The van der Waals surface area contributed by atoms with Crippen molar-refractivity contribution in [2.45, 2.75) is 69.1 Å². The van der Waals surface area contributed by atoms with Gasteiger partial charge in [0.05, 0.1) is 0 Å². The molecule has 2 nitrogen and oxygen atoms in total. The van der Waals surface area contributed by atoms with Gasteiger partial charge < -0.3 is 5.11 Å². The second-order valence-corrected chi connectivity index (χ2v) is 6.56. The third kappa shape index (κ3) is 21.8. The van der Waals surface area contributed by atoms with Crippen LogP contribution in [0.4, 0.5) is 0 Å². The average Bonchev–Trinajstić information content (AvgIpc) is 2.30. The molecule has 0 spiro atoms. The first-order valence-corrected chi connectivity index (χ1v) is 8.29. The number of carboxylic acids is 1. The standard InChI is InChI=1S/C11H23.C3H4O2.Sn/c1-3-5-7-9-11-10-8-6-4-2;1-2-3(4)5;/h11H,3-10H2,1-2H3;2H,1H2,(H,4,5);. The topological polar surface area (TPSA) is 37.3 Å². The van der Waals surface area contributed by atoms with Crippen LogP contribution in [0.1, 0.15) is 65.2 Å². The van der Waals surface area contributed by atoms with Crippen molar-refractivity contribution in [3.8, 4) is 0 Å². The van der Waals surface area contributed by atoms with Gasteiger partial charge in [0.1, 0.15) is 0 Å². The Morgan fingerprint density at radius 1 is 1.18 bits per heavy atom. The van der Waals surface area contributed by atoms with Gasteiger partial charge in [-0.3, -0.25) is 0 Å². The van der Waals surface area contributed by atoms with Gasteiger partial charge in [-0.25, -0.2) is 4.79 Å². The SMILES string of the molecule is C=CC(=O)O.CCCCC[CH]([Sn])CCCCC. The maximum atomic E-state index is 9.25. The van der Waals surface area contributed by atoms with Crippen molar-refractivity contribution in [2.24, 2.45) is 0 Å². The summed E-state index contributed by atoms with van der Waals surface area (Å²) in [5.74, 6) is -0.981. The van der Waals surface area contributed by atoms with Crippen LogP contribution >= 0.6 is 0 Å². The molecule has 0 amide bonds. The van der Waals surface area contributed by atoms with E-state index in [-0.39, 0.29) is 0 Å². The number of unbranched alkanes of at least 4 members (excludes halogenated alkanes) is 4. The van der Waals surface area contributed by atoms with Gasteiger partial charge in [0, 0.05) is 6.08 Å². The van der Waals surface area contributed by atoms with Crippen molar-refractivity contribution in [1.29, 1.82) is 0 Å². The third-order valence-electron chi connectivity index (χ3n) is 2.49. The summed E-state index contributed by atoms with van der Waals surface area (Å²) in [6, 6.07) is 0. The quantitative estimate of drug-likeness (QED) is 0.383. The molecular weight excluding hydrogens is 319 g/mol. The van der Waals surface area contributed by atoms with Gasteiger partial charge in [0.25, 0.3) is 0 Å². The summed E-state index contributed by atoms with van der Waals surface area (Å²) in [6.45, 7) is 7.53. The monoisotopic (exact) mass is 347 g/mol. The minimum atomic E-state index is -0.981. The Morgan fingerprint density at radius 2 is 1.53 bits per heavy atom. The predicted octanol–water partition coefficient (Wildman–Crippen LogP) is 4.36. The van der Waals surface area contributed by atoms with Gasteiger partial charge in [-0.05, 0) is 0 Å². The van der Waals surface area contributed by atoms with Gasteiger partial charge in [-0.15, -0.1) is 0 Å². The van der Waals surface area contributed by atoms with E-state index in [1.165, 1.54) is 51.4 Å². The number of hydrogen-bond acceptors (Lipinski definition) is 1. The molecule has 0 fully saturated rings. The van der Waals surface area contributed by atoms with Gasteiger partial charge >= 0.3 is 97.6 Å². The number of carboxylic acid groups (broad SMARTS) is 1. The molecule has 0 atom stereocenters. The van der Waals surface area contributed by atoms with Crippen molar-refractivity contribution in [3.05, 3.63) is 12.7 Å². The minimum absolute atomic E-state index is 0.833. The Labute approximate surface area is 120 Å². The molecule has 0 rings (SSSR count). The zero-order valence-electron chi connectivity index (χ0n) is 11.4. The first-order chi connectivity index (χ1) is 8.08. The van der Waals surface area contributed by atoms with Gasteiger partial charge in [-0.1, -0.05) is 6.58 Å². The van der Waals surface area contributed by atoms with Gasteiger partial charge in [-0.2, -0.15) is 0 Å². The van der Waals surface area contributed by atoms with E-state index in [0.29, 0.717) is 0 Å². The molecule has 0 aromatic heterocycles. The van der Waals surface area contributed by atoms with Crippen molar-refractivity contribution >= 4 is 28.5 Å². The van der Waals surface area contributed by atoms with Gasteiger partial charge in [0.15, 0.2) is 0 Å². The molecule has 0 aliphatic carbocycles. The fourth-order valence-electron chi connectivity index (χ4n) is 1.43. The Morgan fingerprint density at radius 3 is 1.76 bits per heavy atom. The number of aliphatic carboxylic acids is 1. The van der Waals surface area contributed by atoms with E-state index in [2.05, 4.69) is 20.4 Å². The molecule has 1 N–H and O–H groups in total. The summed E-state index contributed by atoms with van der Waals surface area (Å²) in [5, 5.41) is 7.60. The van der Waals surface area contributed by atoms with Crippen LogP contribution in [0.25, 0.3) is 0 Å². The van der Waals surface area contributed by atoms with E-state index < -0.39 is 5.97 Å². The molecule has 0 saturated heterocycles. The Kier molecular flexibility index (Phi) is 18.2. The van der Waals surface area contributed by atoms with E-state index >= 15 is 0 Å². The van der Waals surface area contributed by atoms with E-state index in [9.17, 15) is 4.79 Å². The van der Waals surface area contributed by atoms with E-state index in [1.54, 1.807) is 22.5 Å². The average molecular weight is 346 g/mol. The van der Waals surface area contributed by atoms with E-state index in [4.69, 9.17) is 5.11 Å². The maximum absolute atomic E-state index is 9.25. The van der Waals surface area contributed by atoms with Crippen LogP contribution in [0.15, 0.2) is 12.7 Å². The Balaban J connectivity index is 0. The Bertz CT molecular complexity index is 171. The van der Waals surface area contributed by atoms with E-state index in [1.807, 2.05) is 0 Å². The molecule has 3 heteroatoms. The van der Waals surface area contributed by atoms with Crippen LogP contribution in [0, 0.1) is 0 Å². The summed E-state index contributed by atoms with van der Waals surface area (Å²) >= 11 is 1.77. The van der Waals surface area contributed by atoms with Crippen molar-refractivity contribution in [3.63, 3.8) is 0 Å². The molecule has 0 saturated carbocycles. The van der Waals surface area contributed by atoms with Crippen molar-refractivity contribution in [1.82, 2.24) is 0 Å². The summed E-state index contributed by atoms with van der Waals surface area (Å²) in [5.41, 5.74) is 0. The molecule has 17 heavy (non-hydrogen) atoms. The second kappa shape index (κ2) is 16.0. The summed E-state index contributed by atoms with van der Waals surface area (Å²) < 4.78 is 1.07. The number of rotatable bonds is 9. The van der Waals surface area contributed by atoms with Crippen molar-refractivity contribution in [2.75, 3.05) is 0 Å². The predicted molar refractivity (Wildman–Crippen MR) is 75.6 cm³/mol. The second-order valence-electron chi connectivity index (χ2n) is 4.23. The molecular formula is C14H27O2Sn. The van der Waals surface area contributed by atoms with Crippen LogP contribution in [-0.4, -0.2) is 33.6 Å². The summed E-state index contributed by atoms with van der Waals surface area (Å²) in [6.07, 6.45) is 12.4. The van der Waals surface area contributed by atoms with Crippen LogP contribution in [-0.2, 0) is 4.79 Å². The number of carbonyl (C=O) groups is 1. The molecule has 0 aliphatic heterocycles. The molecule has 3 radical (unpaired) electrons. The van der Waals surface area contributed by atoms with Crippen LogP contribution in [0.5, 0.6) is 0 Å². The molecule has 99 valence electrons. The molecule has 0 unspecified atom stereocenters. The fourth-order valence-corrected chi connectivity index (χ4v) is 2.59. The first-order valence-electron chi connectivity index (χ1n) is 6.64. The van der Waals surface area contributed by atoms with Crippen LogP contribution < -0.4 is 0 Å². The van der Waals surface area contributed by atoms with Crippen LogP contribution in [0.2, 0.25) is 3.93 Å².